The minimum absolute atomic E-state index is 0.141. The molecule has 2 N–H and O–H groups in total. The number of nitrogens with one attached hydrogen (secondary N) is 1. The number of aliphatic hydroxyl groups excluding tert-OH is 1. The number of benzene rings is 1. The Bertz CT molecular complexity index is 790. The molecular formula is C16H18IN4O6-. The Labute approximate surface area is 166 Å². The predicted molar refractivity (Wildman–Crippen MR) is 92.7 cm³/mol. The van der Waals surface area contributed by atoms with Gasteiger partial charge in [0.15, 0.2) is 0 Å². The molecule has 2 aromatic rings. The Morgan fingerprint density at radius 2 is 1.93 bits per heavy atom. The van der Waals surface area contributed by atoms with Crippen molar-refractivity contribution < 1.29 is 46.0 Å². The van der Waals surface area contributed by atoms with Crippen LogP contribution in [0.3, 0.4) is 0 Å². The number of hydrogen-bond acceptors (Lipinski definition) is 9. The molecule has 2 rings (SSSR count). The van der Waals surface area contributed by atoms with Crippen molar-refractivity contribution in [2.45, 2.75) is 6.23 Å². The van der Waals surface area contributed by atoms with Crippen LogP contribution in [0.5, 0.6) is 17.2 Å². The summed E-state index contributed by atoms with van der Waals surface area (Å²) < 4.78 is 23.0. The second kappa shape index (κ2) is 9.99. The molecule has 0 amide bonds. The second-order valence-electron chi connectivity index (χ2n) is 4.97. The van der Waals surface area contributed by atoms with Gasteiger partial charge in [0.05, 0.1) is 0 Å². The number of nitro groups is 1. The first-order valence-corrected chi connectivity index (χ1v) is 9.55. The molecule has 11 heteroatoms. The molecule has 0 fully saturated rings. The number of aliphatic hydroxyl groups is 1. The molecule has 10 nitrogen and oxygen atoms in total. The fourth-order valence-corrected chi connectivity index (χ4v) is 3.19. The third-order valence-electron chi connectivity index (χ3n) is 3.39. The van der Waals surface area contributed by atoms with Gasteiger partial charge in [0, 0.05) is 0 Å². The van der Waals surface area contributed by atoms with Gasteiger partial charge in [-0.05, 0) is 0 Å². The van der Waals surface area contributed by atoms with Gasteiger partial charge in [-0.3, -0.25) is 0 Å². The van der Waals surface area contributed by atoms with Crippen LogP contribution in [0.1, 0.15) is 17.5 Å². The zero-order valence-corrected chi connectivity index (χ0v) is 16.9. The maximum absolute atomic E-state index is 10.6. The Balaban J connectivity index is 2.04. The SMILES string of the molecule is COc1cc(OC)c(C=N[I-]NC(O)c2ccc([N+](=O)[O-])cn2)c(OC)c1. The van der Waals surface area contributed by atoms with Gasteiger partial charge in [0.1, 0.15) is 0 Å². The van der Waals surface area contributed by atoms with E-state index in [-0.39, 0.29) is 11.4 Å². The van der Waals surface area contributed by atoms with Gasteiger partial charge in [-0.2, -0.15) is 0 Å². The van der Waals surface area contributed by atoms with E-state index in [2.05, 4.69) is 11.7 Å². The van der Waals surface area contributed by atoms with Crippen molar-refractivity contribution in [1.82, 2.24) is 8.51 Å². The van der Waals surface area contributed by atoms with Crippen LogP contribution in [0.2, 0.25) is 0 Å². The number of rotatable bonds is 9. The van der Waals surface area contributed by atoms with Crippen LogP contribution in [0.15, 0.2) is 33.7 Å². The van der Waals surface area contributed by atoms with E-state index in [0.717, 1.165) is 6.20 Å². The predicted octanol–water partition coefficient (Wildman–Crippen LogP) is -1.37. The van der Waals surface area contributed by atoms with Crippen molar-refractivity contribution in [2.75, 3.05) is 21.3 Å². The molecule has 146 valence electrons. The Hall–Kier alpha value is -2.51. The average Bonchev–Trinajstić information content (AvgIpc) is 2.70. The van der Waals surface area contributed by atoms with Gasteiger partial charge in [-0.1, -0.05) is 0 Å². The van der Waals surface area contributed by atoms with E-state index in [1.54, 1.807) is 25.5 Å². The van der Waals surface area contributed by atoms with Crippen molar-refractivity contribution >= 4 is 11.9 Å². The summed E-state index contributed by atoms with van der Waals surface area (Å²) in [5, 5.41) is 20.7. The Morgan fingerprint density at radius 1 is 1.26 bits per heavy atom. The molecule has 1 aromatic carbocycles. The summed E-state index contributed by atoms with van der Waals surface area (Å²) in [4.78, 5) is 13.9. The van der Waals surface area contributed by atoms with Crippen LogP contribution < -0.4 is 39.5 Å². The fourth-order valence-electron chi connectivity index (χ4n) is 2.03. The number of pyridine rings is 1. The van der Waals surface area contributed by atoms with E-state index >= 15 is 0 Å². The van der Waals surface area contributed by atoms with Gasteiger partial charge in [-0.25, -0.2) is 0 Å². The standard InChI is InChI=1S/C16H18IN4O6/c1-25-11-6-14(26-2)12(15(7-11)27-3)9-19-17-20-16(22)13-5-4-10(8-18-13)21(23)24/h4-9,16,20,22H,1-3H3/q-1. The Kier molecular flexibility index (Phi) is 7.69. The van der Waals surface area contributed by atoms with Gasteiger partial charge in [0.25, 0.3) is 0 Å². The molecule has 0 spiro atoms. The number of nitrogens with zero attached hydrogens (tertiary/aromatic N) is 3. The van der Waals surface area contributed by atoms with Crippen molar-refractivity contribution in [3.63, 3.8) is 0 Å². The molecule has 1 unspecified atom stereocenters. The molecule has 1 heterocycles. The quantitative estimate of drug-likeness (QED) is 0.110. The third-order valence-corrected chi connectivity index (χ3v) is 4.82. The van der Waals surface area contributed by atoms with E-state index in [9.17, 15) is 15.2 Å². The zero-order chi connectivity index (χ0) is 19.8. The first-order valence-electron chi connectivity index (χ1n) is 7.50. The molecule has 27 heavy (non-hydrogen) atoms. The number of halogens is 1. The monoisotopic (exact) mass is 489 g/mol. The minimum atomic E-state index is -1.07. The summed E-state index contributed by atoms with van der Waals surface area (Å²) in [5.41, 5.74) is 0.776. The van der Waals surface area contributed by atoms with Crippen molar-refractivity contribution in [2.24, 2.45) is 3.21 Å². The van der Waals surface area contributed by atoms with Gasteiger partial charge in [-0.15, -0.1) is 0 Å². The van der Waals surface area contributed by atoms with E-state index in [1.807, 2.05) is 0 Å². The summed E-state index contributed by atoms with van der Waals surface area (Å²) in [6.45, 7) is 0. The summed E-state index contributed by atoms with van der Waals surface area (Å²) in [5.74, 6) is 1.67. The summed E-state index contributed by atoms with van der Waals surface area (Å²) >= 11 is -0.982. The molecule has 0 aliphatic heterocycles. The molecule has 0 aliphatic rings. The van der Waals surface area contributed by atoms with Crippen molar-refractivity contribution in [3.05, 3.63) is 51.8 Å². The van der Waals surface area contributed by atoms with Crippen LogP contribution in [-0.4, -0.2) is 42.6 Å². The van der Waals surface area contributed by atoms with Crippen LogP contribution in [0.4, 0.5) is 5.69 Å². The molecule has 0 bridgehead atoms. The number of methoxy groups -OCH3 is 3. The maximum atomic E-state index is 10.6. The van der Waals surface area contributed by atoms with Crippen LogP contribution >= 0.6 is 0 Å². The number of aromatic nitrogens is 1. The van der Waals surface area contributed by atoms with Crippen molar-refractivity contribution in [3.8, 4) is 17.2 Å². The summed E-state index contributed by atoms with van der Waals surface area (Å²) in [6, 6.07) is 6.09. The molecule has 0 saturated heterocycles. The number of hydrogen-bond donors (Lipinski definition) is 2. The van der Waals surface area contributed by atoms with E-state index in [1.165, 1.54) is 26.4 Å². The van der Waals surface area contributed by atoms with Gasteiger partial charge < -0.3 is 0 Å². The van der Waals surface area contributed by atoms with Crippen LogP contribution in [0.25, 0.3) is 0 Å². The first kappa shape index (κ1) is 20.8. The van der Waals surface area contributed by atoms with Gasteiger partial charge >= 0.3 is 166 Å². The second-order valence-corrected chi connectivity index (χ2v) is 6.63. The molecule has 1 atom stereocenters. The van der Waals surface area contributed by atoms with E-state index in [4.69, 9.17) is 14.2 Å². The molecular weight excluding hydrogens is 471 g/mol. The molecule has 0 aliphatic carbocycles. The van der Waals surface area contributed by atoms with Crippen LogP contribution in [-0.2, 0) is 0 Å². The Morgan fingerprint density at radius 3 is 2.41 bits per heavy atom. The molecule has 1 aromatic heterocycles. The van der Waals surface area contributed by atoms with Gasteiger partial charge in [0.2, 0.25) is 0 Å². The number of ether oxygens (including phenoxy) is 3. The average molecular weight is 489 g/mol. The summed E-state index contributed by atoms with van der Waals surface area (Å²) in [6.07, 6.45) is 1.61. The molecule has 0 saturated carbocycles. The fraction of sp³-hybridized carbons (Fsp3) is 0.250. The first-order chi connectivity index (χ1) is 13.0. The normalized spacial score (nSPS) is 12.1. The molecule has 0 radical (unpaired) electrons. The zero-order valence-electron chi connectivity index (χ0n) is 14.7. The van der Waals surface area contributed by atoms with E-state index < -0.39 is 32.9 Å². The summed E-state index contributed by atoms with van der Waals surface area (Å²) in [7, 11) is 4.61. The van der Waals surface area contributed by atoms with Crippen molar-refractivity contribution in [1.29, 1.82) is 0 Å². The topological polar surface area (TPSA) is 128 Å². The third kappa shape index (κ3) is 5.48. The van der Waals surface area contributed by atoms with E-state index in [0.29, 0.717) is 22.8 Å². The van der Waals surface area contributed by atoms with Crippen LogP contribution in [0, 0.1) is 10.1 Å².